The van der Waals surface area contributed by atoms with Crippen LogP contribution in [0.15, 0.2) is 54.6 Å². The zero-order chi connectivity index (χ0) is 26.4. The first-order valence-electron chi connectivity index (χ1n) is 12.6. The Morgan fingerprint density at radius 1 is 1.14 bits per heavy atom. The van der Waals surface area contributed by atoms with E-state index in [1.54, 1.807) is 50.1 Å². The number of anilines is 1. The topological polar surface area (TPSA) is 108 Å². The van der Waals surface area contributed by atoms with Gasteiger partial charge in [0.25, 0.3) is 0 Å². The van der Waals surface area contributed by atoms with Gasteiger partial charge in [-0.05, 0) is 56.5 Å². The van der Waals surface area contributed by atoms with E-state index in [1.165, 1.54) is 4.90 Å². The molecule has 0 saturated carbocycles. The molecular formula is C28H33N3O5S. The molecule has 1 spiro atoms. The summed E-state index contributed by atoms with van der Waals surface area (Å²) in [6.45, 7) is 3.90. The summed E-state index contributed by atoms with van der Waals surface area (Å²) in [4.78, 5) is 43.0. The van der Waals surface area contributed by atoms with Crippen molar-refractivity contribution in [2.24, 2.45) is 11.8 Å². The summed E-state index contributed by atoms with van der Waals surface area (Å²) >= 11 is 1.61. The third-order valence-electron chi connectivity index (χ3n) is 8.15. The van der Waals surface area contributed by atoms with Crippen LogP contribution in [0.2, 0.25) is 0 Å². The highest BCUT2D eigenvalue weighted by atomic mass is 32.2. The van der Waals surface area contributed by atoms with Crippen molar-refractivity contribution in [3.8, 4) is 5.75 Å². The Morgan fingerprint density at radius 2 is 1.84 bits per heavy atom. The molecule has 9 heteroatoms. The summed E-state index contributed by atoms with van der Waals surface area (Å²) in [6.07, 6.45) is 1.39. The average molecular weight is 524 g/mol. The van der Waals surface area contributed by atoms with Crippen LogP contribution in [0.5, 0.6) is 5.75 Å². The second-order valence-electron chi connectivity index (χ2n) is 10.4. The fourth-order valence-electron chi connectivity index (χ4n) is 6.41. The fourth-order valence-corrected chi connectivity index (χ4v) is 8.75. The van der Waals surface area contributed by atoms with Gasteiger partial charge in [0.05, 0.1) is 36.3 Å². The lowest BCUT2D eigenvalue weighted by molar-refractivity contribution is -0.142. The number of methoxy groups -OCH3 is 1. The first-order valence-corrected chi connectivity index (χ1v) is 13.5. The van der Waals surface area contributed by atoms with Crippen LogP contribution < -0.4 is 15.4 Å². The third kappa shape index (κ3) is 4.18. The quantitative estimate of drug-likeness (QED) is 0.491. The number of aliphatic hydroxyl groups excluding tert-OH is 1. The number of carbonyl (C=O) groups is 3. The van der Waals surface area contributed by atoms with E-state index >= 15 is 0 Å². The highest BCUT2D eigenvalue weighted by Crippen LogP contribution is 2.71. The molecule has 3 aliphatic heterocycles. The van der Waals surface area contributed by atoms with Crippen molar-refractivity contribution in [1.82, 2.24) is 10.2 Å². The number of benzene rings is 2. The van der Waals surface area contributed by atoms with Gasteiger partial charge in [-0.2, -0.15) is 0 Å². The molecule has 2 unspecified atom stereocenters. The summed E-state index contributed by atoms with van der Waals surface area (Å²) in [5.41, 5.74) is 1.58. The summed E-state index contributed by atoms with van der Waals surface area (Å²) in [5, 5.41) is 16.0. The summed E-state index contributed by atoms with van der Waals surface area (Å²) < 4.78 is 4.02. The number of carbonyl (C=O) groups excluding carboxylic acids is 3. The van der Waals surface area contributed by atoms with Gasteiger partial charge in [-0.1, -0.05) is 30.3 Å². The number of aliphatic hydroxyl groups is 1. The molecule has 3 amide bonds. The molecule has 2 aromatic rings. The number of nitrogens with zero attached hydrogens (tertiary/aromatic N) is 1. The van der Waals surface area contributed by atoms with E-state index < -0.39 is 33.4 Å². The van der Waals surface area contributed by atoms with Crippen LogP contribution >= 0.6 is 11.8 Å². The number of fused-ring (bicyclic) bond motifs is 1. The number of rotatable bonds is 8. The molecular weight excluding hydrogens is 490 g/mol. The lowest BCUT2D eigenvalue weighted by Crippen LogP contribution is -2.54. The molecule has 8 nitrogen and oxygen atoms in total. The number of hydrogen-bond donors (Lipinski definition) is 3. The predicted octanol–water partition coefficient (Wildman–Crippen LogP) is 2.81. The van der Waals surface area contributed by atoms with Gasteiger partial charge in [0, 0.05) is 17.0 Å². The van der Waals surface area contributed by atoms with E-state index in [0.717, 1.165) is 12.0 Å². The van der Waals surface area contributed by atoms with E-state index in [0.29, 0.717) is 24.4 Å². The van der Waals surface area contributed by atoms with Gasteiger partial charge in [-0.25, -0.2) is 0 Å². The van der Waals surface area contributed by atoms with Crippen LogP contribution in [-0.2, 0) is 20.9 Å². The zero-order valence-electron chi connectivity index (χ0n) is 21.3. The van der Waals surface area contributed by atoms with Gasteiger partial charge >= 0.3 is 0 Å². The number of ether oxygens (including phenoxy) is 1. The minimum Gasteiger partial charge on any atom is -0.497 e. The predicted molar refractivity (Wildman–Crippen MR) is 142 cm³/mol. The van der Waals surface area contributed by atoms with Crippen LogP contribution in [0.4, 0.5) is 5.69 Å². The average Bonchev–Trinajstić information content (AvgIpc) is 3.48. The lowest BCUT2D eigenvalue weighted by Gasteiger charge is -2.36. The number of likely N-dealkylation sites (tertiary alicyclic amines) is 1. The minimum atomic E-state index is -0.798. The van der Waals surface area contributed by atoms with Crippen molar-refractivity contribution in [2.45, 2.75) is 54.8 Å². The molecule has 3 aliphatic rings. The maximum Gasteiger partial charge on any atom is 0.248 e. The molecule has 3 saturated heterocycles. The third-order valence-corrected chi connectivity index (χ3v) is 10.1. The Labute approximate surface area is 221 Å². The molecule has 6 atom stereocenters. The Hall–Kier alpha value is -3.04. The molecule has 196 valence electrons. The van der Waals surface area contributed by atoms with Gasteiger partial charge in [0.15, 0.2) is 0 Å². The monoisotopic (exact) mass is 523 g/mol. The number of thioether (sulfide) groups is 1. The van der Waals surface area contributed by atoms with Crippen molar-refractivity contribution in [3.63, 3.8) is 0 Å². The molecule has 37 heavy (non-hydrogen) atoms. The van der Waals surface area contributed by atoms with Crippen LogP contribution in [0, 0.1) is 11.8 Å². The van der Waals surface area contributed by atoms with E-state index in [4.69, 9.17) is 4.74 Å². The molecule has 2 bridgehead atoms. The summed E-state index contributed by atoms with van der Waals surface area (Å²) in [7, 11) is 1.58. The number of amides is 3. The van der Waals surface area contributed by atoms with Crippen LogP contribution in [0.3, 0.4) is 0 Å². The van der Waals surface area contributed by atoms with Gasteiger partial charge < -0.3 is 25.4 Å². The molecule has 3 fully saturated rings. The first-order chi connectivity index (χ1) is 17.7. The fraction of sp³-hybridized carbons (Fsp3) is 0.464. The molecule has 3 N–H and O–H groups in total. The smallest absolute Gasteiger partial charge is 0.248 e. The Kier molecular flexibility index (Phi) is 6.70. The Balaban J connectivity index is 1.45. The Morgan fingerprint density at radius 3 is 2.49 bits per heavy atom. The molecule has 0 radical (unpaired) electrons. The van der Waals surface area contributed by atoms with Crippen molar-refractivity contribution in [3.05, 3.63) is 60.2 Å². The van der Waals surface area contributed by atoms with Crippen LogP contribution in [0.25, 0.3) is 0 Å². The zero-order valence-corrected chi connectivity index (χ0v) is 22.1. The van der Waals surface area contributed by atoms with Crippen molar-refractivity contribution in [1.29, 1.82) is 0 Å². The van der Waals surface area contributed by atoms with Crippen molar-refractivity contribution < 1.29 is 24.2 Å². The Bertz CT molecular complexity index is 1190. The van der Waals surface area contributed by atoms with E-state index in [-0.39, 0.29) is 24.3 Å². The minimum absolute atomic E-state index is 0.161. The van der Waals surface area contributed by atoms with E-state index in [1.807, 2.05) is 37.3 Å². The van der Waals surface area contributed by atoms with E-state index in [2.05, 4.69) is 10.6 Å². The lowest BCUT2D eigenvalue weighted by atomic mass is 9.66. The van der Waals surface area contributed by atoms with Crippen LogP contribution in [0.1, 0.15) is 32.3 Å². The second kappa shape index (κ2) is 9.68. The summed E-state index contributed by atoms with van der Waals surface area (Å²) in [6, 6.07) is 15.3. The number of hydrogen-bond acceptors (Lipinski definition) is 6. The standard InChI is InChI=1S/C28H33N3O5S/c1-17(16-32)31-23(25(34)30-19-9-11-20(36-3)12-10-19)28-14-13-27(2,37-28)21(22(28)26(31)35)24(33)29-15-18-7-5-4-6-8-18/h4-12,17,21-23,32H,13-16H2,1-3H3,(H,29,33)(H,30,34)/t17-,21-,22+,23?,27+,28?/m1/s1. The maximum absolute atomic E-state index is 14.0. The van der Waals surface area contributed by atoms with Gasteiger partial charge in [0.2, 0.25) is 17.7 Å². The molecule has 0 aromatic heterocycles. The SMILES string of the molecule is COc1ccc(NC(=O)C2N([C@H](C)CO)C(=O)[C@@H]3[C@H](C(=O)NCc4ccccc4)[C@]4(C)CCC23S4)cc1. The molecule has 3 heterocycles. The molecule has 5 rings (SSSR count). The summed E-state index contributed by atoms with van der Waals surface area (Å²) in [5.74, 6) is -1.21. The van der Waals surface area contributed by atoms with Gasteiger partial charge in [-0.15, -0.1) is 11.8 Å². The van der Waals surface area contributed by atoms with Gasteiger partial charge in [-0.3, -0.25) is 14.4 Å². The largest absolute Gasteiger partial charge is 0.497 e. The van der Waals surface area contributed by atoms with E-state index in [9.17, 15) is 19.5 Å². The van der Waals surface area contributed by atoms with Gasteiger partial charge in [0.1, 0.15) is 11.8 Å². The highest BCUT2D eigenvalue weighted by molar-refractivity contribution is 8.02. The second-order valence-corrected chi connectivity index (χ2v) is 12.3. The van der Waals surface area contributed by atoms with Crippen molar-refractivity contribution in [2.75, 3.05) is 19.0 Å². The van der Waals surface area contributed by atoms with Crippen LogP contribution in [-0.4, -0.2) is 63.0 Å². The molecule has 0 aliphatic carbocycles. The maximum atomic E-state index is 14.0. The number of nitrogens with one attached hydrogen (secondary N) is 2. The van der Waals surface area contributed by atoms with Crippen molar-refractivity contribution >= 4 is 35.2 Å². The normalized spacial score (nSPS) is 30.6. The molecule has 2 aromatic carbocycles. The first kappa shape index (κ1) is 25.6. The highest BCUT2D eigenvalue weighted by Gasteiger charge is 2.77.